The Morgan fingerprint density at radius 1 is 1.35 bits per heavy atom. The zero-order valence-electron chi connectivity index (χ0n) is 14.6. The maximum Gasteiger partial charge on any atom is 0.193 e. The Morgan fingerprint density at radius 2 is 2.15 bits per heavy atom. The molecule has 0 amide bonds. The van der Waals surface area contributed by atoms with Gasteiger partial charge in [0, 0.05) is 25.0 Å². The maximum absolute atomic E-state index is 6.11. The number of nitrogens with two attached hydrogens (primary N) is 1. The predicted molar refractivity (Wildman–Crippen MR) is 104 cm³/mol. The van der Waals surface area contributed by atoms with Gasteiger partial charge in [-0.15, -0.1) is 0 Å². The van der Waals surface area contributed by atoms with E-state index in [1.54, 1.807) is 25.4 Å². The molecule has 0 radical (unpaired) electrons. The van der Waals surface area contributed by atoms with Gasteiger partial charge in [0.25, 0.3) is 0 Å². The van der Waals surface area contributed by atoms with Crippen LogP contribution >= 0.6 is 11.6 Å². The van der Waals surface area contributed by atoms with Gasteiger partial charge in [-0.05, 0) is 35.9 Å². The number of pyridine rings is 1. The maximum atomic E-state index is 6.11. The lowest BCUT2D eigenvalue weighted by atomic mass is 10.2. The zero-order valence-corrected chi connectivity index (χ0v) is 15.4. The second-order valence-corrected chi connectivity index (χ2v) is 6.20. The molecule has 1 aromatic heterocycles. The summed E-state index contributed by atoms with van der Waals surface area (Å²) in [5, 5.41) is 3.54. The van der Waals surface area contributed by atoms with Gasteiger partial charge in [0.15, 0.2) is 5.96 Å². The van der Waals surface area contributed by atoms with Gasteiger partial charge in [-0.25, -0.2) is 9.98 Å². The predicted octanol–water partition coefficient (Wildman–Crippen LogP) is 2.51. The molecule has 2 heterocycles. The molecule has 7 nitrogen and oxygen atoms in total. The fourth-order valence-electron chi connectivity index (χ4n) is 2.63. The number of aromatic nitrogens is 1. The second kappa shape index (κ2) is 8.73. The van der Waals surface area contributed by atoms with Crippen LogP contribution in [0, 0.1) is 0 Å². The van der Waals surface area contributed by atoms with Crippen molar-refractivity contribution in [2.24, 2.45) is 10.7 Å². The third-order valence-corrected chi connectivity index (χ3v) is 4.30. The van der Waals surface area contributed by atoms with E-state index < -0.39 is 0 Å². The van der Waals surface area contributed by atoms with Crippen LogP contribution in [-0.4, -0.2) is 44.4 Å². The van der Waals surface area contributed by atoms with Gasteiger partial charge in [-0.2, -0.15) is 0 Å². The quantitative estimate of drug-likeness (QED) is 0.617. The van der Waals surface area contributed by atoms with E-state index in [0.717, 1.165) is 43.4 Å². The second-order valence-electron chi connectivity index (χ2n) is 5.80. The van der Waals surface area contributed by atoms with Crippen molar-refractivity contribution < 1.29 is 9.47 Å². The first-order valence-corrected chi connectivity index (χ1v) is 8.71. The Morgan fingerprint density at radius 3 is 2.88 bits per heavy atom. The van der Waals surface area contributed by atoms with E-state index in [9.17, 15) is 0 Å². The first kappa shape index (κ1) is 18.3. The Balaban J connectivity index is 1.62. The third-order valence-electron chi connectivity index (χ3n) is 4.00. The highest BCUT2D eigenvalue weighted by atomic mass is 35.5. The Hall–Kier alpha value is -2.51. The van der Waals surface area contributed by atoms with Gasteiger partial charge in [0.1, 0.15) is 11.6 Å². The number of hydrogen-bond acceptors (Lipinski definition) is 5. The monoisotopic (exact) mass is 375 g/mol. The van der Waals surface area contributed by atoms with Crippen molar-refractivity contribution in [3.05, 3.63) is 47.1 Å². The van der Waals surface area contributed by atoms with Gasteiger partial charge < -0.3 is 25.4 Å². The van der Waals surface area contributed by atoms with Crippen molar-refractivity contribution in [3.8, 4) is 5.75 Å². The molecule has 3 N–H and O–H groups in total. The molecule has 0 atom stereocenters. The Bertz CT molecular complexity index is 778. The van der Waals surface area contributed by atoms with E-state index in [2.05, 4.69) is 20.2 Å². The van der Waals surface area contributed by atoms with E-state index in [1.807, 2.05) is 18.2 Å². The molecule has 1 aromatic carbocycles. The topological polar surface area (TPSA) is 85.0 Å². The van der Waals surface area contributed by atoms with Crippen molar-refractivity contribution in [2.45, 2.75) is 6.54 Å². The number of aliphatic imine (C=N–C) groups is 1. The summed E-state index contributed by atoms with van der Waals surface area (Å²) in [5.41, 5.74) is 7.77. The number of halogens is 1. The van der Waals surface area contributed by atoms with Crippen LogP contribution in [0.2, 0.25) is 5.02 Å². The minimum Gasteiger partial charge on any atom is -0.495 e. The molecule has 0 spiro atoms. The average Bonchev–Trinajstić information content (AvgIpc) is 2.67. The molecular formula is C18H22ClN5O2. The smallest absolute Gasteiger partial charge is 0.193 e. The van der Waals surface area contributed by atoms with Gasteiger partial charge in [0.2, 0.25) is 0 Å². The summed E-state index contributed by atoms with van der Waals surface area (Å²) < 4.78 is 10.5. The summed E-state index contributed by atoms with van der Waals surface area (Å²) in [7, 11) is 1.57. The molecule has 26 heavy (non-hydrogen) atoms. The molecule has 1 aliphatic rings. The summed E-state index contributed by atoms with van der Waals surface area (Å²) in [6, 6.07) is 9.31. The summed E-state index contributed by atoms with van der Waals surface area (Å²) in [6.45, 7) is 3.61. The molecule has 8 heteroatoms. The molecule has 1 fully saturated rings. The van der Waals surface area contributed by atoms with E-state index in [1.165, 1.54) is 0 Å². The summed E-state index contributed by atoms with van der Waals surface area (Å²) in [5.74, 6) is 1.87. The van der Waals surface area contributed by atoms with Crippen LogP contribution in [0.4, 0.5) is 11.5 Å². The SMILES string of the molecule is COc1ccc(NC(N)=NCc2ccnc(N3CCOCC3)c2)cc1Cl. The summed E-state index contributed by atoms with van der Waals surface area (Å²) >= 11 is 6.11. The number of nitrogens with one attached hydrogen (secondary N) is 1. The van der Waals surface area contributed by atoms with Crippen LogP contribution in [0.3, 0.4) is 0 Å². The largest absolute Gasteiger partial charge is 0.495 e. The van der Waals surface area contributed by atoms with Crippen molar-refractivity contribution in [1.82, 2.24) is 4.98 Å². The molecule has 0 bridgehead atoms. The highest BCUT2D eigenvalue weighted by molar-refractivity contribution is 6.32. The summed E-state index contributed by atoms with van der Waals surface area (Å²) in [6.07, 6.45) is 1.79. The highest BCUT2D eigenvalue weighted by Gasteiger charge is 2.12. The van der Waals surface area contributed by atoms with E-state index >= 15 is 0 Å². The lowest BCUT2D eigenvalue weighted by Gasteiger charge is -2.27. The van der Waals surface area contributed by atoms with Crippen LogP contribution in [0.25, 0.3) is 0 Å². The first-order chi connectivity index (χ1) is 12.7. The standard InChI is InChI=1S/C18H22ClN5O2/c1-25-16-3-2-14(11-15(16)19)23-18(20)22-12-13-4-5-21-17(10-13)24-6-8-26-9-7-24/h2-5,10-11H,6-9,12H2,1H3,(H3,20,22,23). The Kier molecular flexibility index (Phi) is 6.14. The van der Waals surface area contributed by atoms with Crippen LogP contribution in [0.1, 0.15) is 5.56 Å². The number of guanidine groups is 1. The molecule has 3 rings (SSSR count). The van der Waals surface area contributed by atoms with E-state index in [-0.39, 0.29) is 0 Å². The highest BCUT2D eigenvalue weighted by Crippen LogP contribution is 2.27. The number of morpholine rings is 1. The first-order valence-electron chi connectivity index (χ1n) is 8.34. The number of benzene rings is 1. The van der Waals surface area contributed by atoms with Gasteiger partial charge in [0.05, 0.1) is 31.9 Å². The van der Waals surface area contributed by atoms with Crippen molar-refractivity contribution >= 4 is 29.1 Å². The van der Waals surface area contributed by atoms with Crippen molar-refractivity contribution in [2.75, 3.05) is 43.6 Å². The molecular weight excluding hydrogens is 354 g/mol. The number of anilines is 2. The lowest BCUT2D eigenvalue weighted by molar-refractivity contribution is 0.122. The summed E-state index contributed by atoms with van der Waals surface area (Å²) in [4.78, 5) is 11.0. The number of methoxy groups -OCH3 is 1. The van der Waals surface area contributed by atoms with Crippen molar-refractivity contribution in [3.63, 3.8) is 0 Å². The third kappa shape index (κ3) is 4.77. The fraction of sp³-hybridized carbons (Fsp3) is 0.333. The van der Waals surface area contributed by atoms with Gasteiger partial charge in [-0.1, -0.05) is 11.6 Å². The normalized spacial score (nSPS) is 15.0. The van der Waals surface area contributed by atoms with Crippen LogP contribution in [-0.2, 0) is 11.3 Å². The molecule has 0 saturated carbocycles. The minimum atomic E-state index is 0.316. The average molecular weight is 376 g/mol. The van der Waals surface area contributed by atoms with Crippen molar-refractivity contribution in [1.29, 1.82) is 0 Å². The fourth-order valence-corrected chi connectivity index (χ4v) is 2.89. The van der Waals surface area contributed by atoms with E-state index in [0.29, 0.717) is 23.3 Å². The van der Waals surface area contributed by atoms with Crippen LogP contribution in [0.5, 0.6) is 5.75 Å². The van der Waals surface area contributed by atoms with Gasteiger partial charge in [-0.3, -0.25) is 0 Å². The Labute approximate surface area is 157 Å². The molecule has 0 aliphatic carbocycles. The number of hydrogen-bond donors (Lipinski definition) is 2. The minimum absolute atomic E-state index is 0.316. The van der Waals surface area contributed by atoms with Crippen LogP contribution in [0.15, 0.2) is 41.5 Å². The molecule has 1 saturated heterocycles. The number of rotatable bonds is 5. The molecule has 2 aromatic rings. The number of ether oxygens (including phenoxy) is 2. The number of nitrogens with zero attached hydrogens (tertiary/aromatic N) is 3. The van der Waals surface area contributed by atoms with Gasteiger partial charge >= 0.3 is 0 Å². The zero-order chi connectivity index (χ0) is 18.4. The molecule has 1 aliphatic heterocycles. The molecule has 0 unspecified atom stereocenters. The van der Waals surface area contributed by atoms with E-state index in [4.69, 9.17) is 26.8 Å². The van der Waals surface area contributed by atoms with Crippen LogP contribution < -0.4 is 20.7 Å². The molecule has 138 valence electrons. The lowest BCUT2D eigenvalue weighted by Crippen LogP contribution is -2.36.